The van der Waals surface area contributed by atoms with Crippen LogP contribution in [0.4, 0.5) is 0 Å². The van der Waals surface area contributed by atoms with Crippen LogP contribution in [0.3, 0.4) is 0 Å². The first-order valence-electron chi connectivity index (χ1n) is 6.28. The minimum Gasteiger partial charge on any atom is -0.354 e. The Bertz CT molecular complexity index is 439. The molecule has 1 fully saturated rings. The number of piperazine rings is 1. The molecule has 0 amide bonds. The molecule has 1 N–H and O–H groups in total. The smallest absolute Gasteiger partial charge is 0.128 e. The summed E-state index contributed by atoms with van der Waals surface area (Å²) < 4.78 is 1.15. The molecule has 1 aliphatic rings. The number of hydrogen-bond acceptors (Lipinski definition) is 2. The van der Waals surface area contributed by atoms with Gasteiger partial charge in [0, 0.05) is 36.2 Å². The molecule has 1 aromatic carbocycles. The third-order valence-electron chi connectivity index (χ3n) is 3.53. The molecular weight excluding hydrogens is 290 g/mol. The van der Waals surface area contributed by atoms with Crippen LogP contribution in [0, 0.1) is 19.3 Å². The van der Waals surface area contributed by atoms with Gasteiger partial charge in [-0.15, -0.1) is 0 Å². The molecule has 2 rings (SSSR count). The number of amidine groups is 1. The van der Waals surface area contributed by atoms with Crippen LogP contribution in [0.5, 0.6) is 0 Å². The highest BCUT2D eigenvalue weighted by Gasteiger charge is 2.18. The van der Waals surface area contributed by atoms with Crippen LogP contribution < -0.4 is 0 Å². The van der Waals surface area contributed by atoms with E-state index in [1.807, 2.05) is 0 Å². The van der Waals surface area contributed by atoms with Crippen molar-refractivity contribution in [2.24, 2.45) is 0 Å². The second kappa shape index (κ2) is 5.41. The standard InChI is InChI=1S/C14H20BrN3/c1-10-8-12(9-11(2)13(10)15)14(16)18-6-4-17(3)5-7-18/h8-9,16H,4-7H2,1-3H3. The fourth-order valence-corrected chi connectivity index (χ4v) is 2.52. The monoisotopic (exact) mass is 309 g/mol. The van der Waals surface area contributed by atoms with Crippen molar-refractivity contribution in [1.82, 2.24) is 9.80 Å². The topological polar surface area (TPSA) is 30.3 Å². The highest BCUT2D eigenvalue weighted by Crippen LogP contribution is 2.23. The predicted octanol–water partition coefficient (Wildman–Crippen LogP) is 2.64. The molecule has 1 saturated heterocycles. The molecule has 0 saturated carbocycles. The molecule has 98 valence electrons. The predicted molar refractivity (Wildman–Crippen MR) is 79.5 cm³/mol. The Balaban J connectivity index is 2.19. The Hall–Kier alpha value is -0.870. The summed E-state index contributed by atoms with van der Waals surface area (Å²) in [7, 11) is 2.13. The SMILES string of the molecule is Cc1cc(C(=N)N2CCN(C)CC2)cc(C)c1Br. The second-order valence-electron chi connectivity index (χ2n) is 5.06. The molecule has 4 heteroatoms. The van der Waals surface area contributed by atoms with Gasteiger partial charge in [0.05, 0.1) is 0 Å². The lowest BCUT2D eigenvalue weighted by Gasteiger charge is -2.34. The van der Waals surface area contributed by atoms with Crippen LogP contribution in [0.1, 0.15) is 16.7 Å². The highest BCUT2D eigenvalue weighted by molar-refractivity contribution is 9.10. The number of aryl methyl sites for hydroxylation is 2. The van der Waals surface area contributed by atoms with E-state index >= 15 is 0 Å². The van der Waals surface area contributed by atoms with Gasteiger partial charge in [0.1, 0.15) is 5.84 Å². The normalized spacial score (nSPS) is 17.0. The van der Waals surface area contributed by atoms with Crippen molar-refractivity contribution in [3.63, 3.8) is 0 Å². The lowest BCUT2D eigenvalue weighted by atomic mass is 10.1. The number of hydrogen-bond donors (Lipinski definition) is 1. The van der Waals surface area contributed by atoms with Crippen molar-refractivity contribution in [2.45, 2.75) is 13.8 Å². The largest absolute Gasteiger partial charge is 0.354 e. The van der Waals surface area contributed by atoms with Gasteiger partial charge >= 0.3 is 0 Å². The van der Waals surface area contributed by atoms with Crippen LogP contribution in [0.2, 0.25) is 0 Å². The first-order chi connectivity index (χ1) is 8.49. The summed E-state index contributed by atoms with van der Waals surface area (Å²) in [5, 5.41) is 8.35. The molecule has 1 aromatic rings. The van der Waals surface area contributed by atoms with Gasteiger partial charge in [-0.05, 0) is 44.2 Å². The summed E-state index contributed by atoms with van der Waals surface area (Å²) in [5.41, 5.74) is 3.42. The molecule has 0 aliphatic carbocycles. The van der Waals surface area contributed by atoms with Crippen molar-refractivity contribution >= 4 is 21.8 Å². The summed E-state index contributed by atoms with van der Waals surface area (Å²) in [6.07, 6.45) is 0. The third-order valence-corrected chi connectivity index (χ3v) is 4.78. The molecule has 0 spiro atoms. The van der Waals surface area contributed by atoms with Gasteiger partial charge < -0.3 is 9.80 Å². The average molecular weight is 310 g/mol. The van der Waals surface area contributed by atoms with E-state index in [4.69, 9.17) is 5.41 Å². The van der Waals surface area contributed by atoms with E-state index in [2.05, 4.69) is 58.8 Å². The molecule has 0 unspecified atom stereocenters. The summed E-state index contributed by atoms with van der Waals surface area (Å²) in [6, 6.07) is 4.19. The third kappa shape index (κ3) is 2.75. The van der Waals surface area contributed by atoms with E-state index in [1.165, 1.54) is 11.1 Å². The zero-order valence-corrected chi connectivity index (χ0v) is 12.8. The lowest BCUT2D eigenvalue weighted by Crippen LogP contribution is -2.47. The number of benzene rings is 1. The van der Waals surface area contributed by atoms with Crippen LogP contribution in [0.25, 0.3) is 0 Å². The Morgan fingerprint density at radius 3 is 2.11 bits per heavy atom. The van der Waals surface area contributed by atoms with Crippen molar-refractivity contribution in [2.75, 3.05) is 33.2 Å². The fraction of sp³-hybridized carbons (Fsp3) is 0.500. The van der Waals surface area contributed by atoms with Crippen LogP contribution in [-0.4, -0.2) is 48.9 Å². The molecule has 1 aliphatic heterocycles. The summed E-state index contributed by atoms with van der Waals surface area (Å²) >= 11 is 3.58. The van der Waals surface area contributed by atoms with Gasteiger partial charge in [-0.25, -0.2) is 0 Å². The number of nitrogens with zero attached hydrogens (tertiary/aromatic N) is 2. The summed E-state index contributed by atoms with van der Waals surface area (Å²) in [4.78, 5) is 4.48. The van der Waals surface area contributed by atoms with Crippen molar-refractivity contribution < 1.29 is 0 Å². The fourth-order valence-electron chi connectivity index (χ4n) is 2.30. The Labute approximate surface area is 117 Å². The first kappa shape index (κ1) is 13.6. The molecule has 0 bridgehead atoms. The van der Waals surface area contributed by atoms with E-state index in [-0.39, 0.29) is 0 Å². The van der Waals surface area contributed by atoms with Gasteiger partial charge in [0.2, 0.25) is 0 Å². The van der Waals surface area contributed by atoms with Crippen LogP contribution in [0.15, 0.2) is 16.6 Å². The van der Waals surface area contributed by atoms with Gasteiger partial charge in [0.15, 0.2) is 0 Å². The zero-order chi connectivity index (χ0) is 13.3. The minimum atomic E-state index is 0.654. The molecule has 0 radical (unpaired) electrons. The second-order valence-corrected chi connectivity index (χ2v) is 5.86. The highest BCUT2D eigenvalue weighted by atomic mass is 79.9. The van der Waals surface area contributed by atoms with Crippen LogP contribution >= 0.6 is 15.9 Å². The van der Waals surface area contributed by atoms with Crippen molar-refractivity contribution in [3.8, 4) is 0 Å². The van der Waals surface area contributed by atoms with E-state index in [0.717, 1.165) is 36.2 Å². The van der Waals surface area contributed by atoms with Crippen molar-refractivity contribution in [1.29, 1.82) is 5.41 Å². The molecule has 1 heterocycles. The van der Waals surface area contributed by atoms with Crippen LogP contribution in [-0.2, 0) is 0 Å². The van der Waals surface area contributed by atoms with Gasteiger partial charge in [-0.2, -0.15) is 0 Å². The molecule has 3 nitrogen and oxygen atoms in total. The molecule has 0 aromatic heterocycles. The van der Waals surface area contributed by atoms with Gasteiger partial charge in [0.25, 0.3) is 0 Å². The minimum absolute atomic E-state index is 0.654. The lowest BCUT2D eigenvalue weighted by molar-refractivity contribution is 0.215. The maximum absolute atomic E-state index is 8.35. The number of likely N-dealkylation sites (N-methyl/N-ethyl adjacent to an activating group) is 1. The Kier molecular flexibility index (Phi) is 4.07. The number of nitrogens with one attached hydrogen (secondary N) is 1. The maximum Gasteiger partial charge on any atom is 0.128 e. The van der Waals surface area contributed by atoms with E-state index in [0.29, 0.717) is 5.84 Å². The maximum atomic E-state index is 8.35. The summed E-state index contributed by atoms with van der Waals surface area (Å²) in [6.45, 7) is 8.14. The Morgan fingerprint density at radius 2 is 1.61 bits per heavy atom. The van der Waals surface area contributed by atoms with Crippen molar-refractivity contribution in [3.05, 3.63) is 33.3 Å². The number of halogens is 1. The zero-order valence-electron chi connectivity index (χ0n) is 11.3. The van der Waals surface area contributed by atoms with Gasteiger partial charge in [-0.3, -0.25) is 5.41 Å². The molecule has 18 heavy (non-hydrogen) atoms. The van der Waals surface area contributed by atoms with E-state index < -0.39 is 0 Å². The molecule has 0 atom stereocenters. The number of rotatable bonds is 1. The van der Waals surface area contributed by atoms with E-state index in [9.17, 15) is 0 Å². The summed E-state index contributed by atoms with van der Waals surface area (Å²) in [5.74, 6) is 0.654. The average Bonchev–Trinajstić information content (AvgIpc) is 2.35. The Morgan fingerprint density at radius 1 is 1.11 bits per heavy atom. The quantitative estimate of drug-likeness (QED) is 0.638. The molecular formula is C14H20BrN3. The first-order valence-corrected chi connectivity index (χ1v) is 7.07. The van der Waals surface area contributed by atoms with E-state index in [1.54, 1.807) is 0 Å². The van der Waals surface area contributed by atoms with Gasteiger partial charge in [-0.1, -0.05) is 15.9 Å².